The van der Waals surface area contributed by atoms with E-state index in [9.17, 15) is 0 Å². The molecule has 0 aliphatic carbocycles. The van der Waals surface area contributed by atoms with Crippen molar-refractivity contribution in [3.05, 3.63) is 53.6 Å². The van der Waals surface area contributed by atoms with Gasteiger partial charge >= 0.3 is 0 Å². The first-order valence-electron chi connectivity index (χ1n) is 14.0. The van der Waals surface area contributed by atoms with Crippen LogP contribution in [0.1, 0.15) is 110 Å². The molecule has 1 aromatic heterocycles. The summed E-state index contributed by atoms with van der Waals surface area (Å²) in [6, 6.07) is 16.5. The quantitative estimate of drug-likeness (QED) is 0.165. The van der Waals surface area contributed by atoms with Crippen LogP contribution >= 0.6 is 11.6 Å². The maximum Gasteiger partial charge on any atom is 0.142 e. The van der Waals surface area contributed by atoms with Crippen molar-refractivity contribution in [2.24, 2.45) is 0 Å². The summed E-state index contributed by atoms with van der Waals surface area (Å²) in [7, 11) is 0. The fourth-order valence-corrected chi connectivity index (χ4v) is 5.19. The standard InChI is InChI=1S/C31H45ClN2/c1-2-3-4-5-6-7-8-9-10-11-12-13-14-15-16-21-26-34-30-25-20-19-24-29(30)33-31(34)27-22-17-18-23-28(27)32/h17-20,22-25H,2-16,21,26H2,1H3. The number of halogens is 1. The highest BCUT2D eigenvalue weighted by atomic mass is 35.5. The summed E-state index contributed by atoms with van der Waals surface area (Å²) in [4.78, 5) is 4.91. The Morgan fingerprint density at radius 1 is 0.618 bits per heavy atom. The van der Waals surface area contributed by atoms with Crippen molar-refractivity contribution in [2.75, 3.05) is 0 Å². The van der Waals surface area contributed by atoms with Crippen molar-refractivity contribution >= 4 is 22.6 Å². The predicted molar refractivity (Wildman–Crippen MR) is 150 cm³/mol. The zero-order valence-electron chi connectivity index (χ0n) is 21.4. The molecule has 0 spiro atoms. The number of hydrogen-bond donors (Lipinski definition) is 0. The van der Waals surface area contributed by atoms with E-state index in [4.69, 9.17) is 16.6 Å². The predicted octanol–water partition coefficient (Wildman–Crippen LogP) is 10.6. The largest absolute Gasteiger partial charge is 0.324 e. The van der Waals surface area contributed by atoms with Gasteiger partial charge in [-0.25, -0.2) is 4.98 Å². The third-order valence-electron chi connectivity index (χ3n) is 7.00. The Balaban J connectivity index is 1.29. The van der Waals surface area contributed by atoms with Crippen LogP contribution < -0.4 is 0 Å². The first-order valence-corrected chi connectivity index (χ1v) is 14.4. The summed E-state index contributed by atoms with van der Waals surface area (Å²) in [5.74, 6) is 0.993. The molecule has 34 heavy (non-hydrogen) atoms. The van der Waals surface area contributed by atoms with Crippen molar-refractivity contribution in [2.45, 2.75) is 116 Å². The van der Waals surface area contributed by atoms with E-state index < -0.39 is 0 Å². The van der Waals surface area contributed by atoms with E-state index in [0.29, 0.717) is 0 Å². The molecule has 0 saturated heterocycles. The molecular formula is C31H45ClN2. The van der Waals surface area contributed by atoms with E-state index in [1.165, 1.54) is 108 Å². The van der Waals surface area contributed by atoms with Crippen molar-refractivity contribution in [1.29, 1.82) is 0 Å². The van der Waals surface area contributed by atoms with Crippen LogP contribution in [0.4, 0.5) is 0 Å². The van der Waals surface area contributed by atoms with Crippen LogP contribution in [0, 0.1) is 0 Å². The van der Waals surface area contributed by atoms with Crippen molar-refractivity contribution in [3.8, 4) is 11.4 Å². The van der Waals surface area contributed by atoms with Gasteiger partial charge in [0.25, 0.3) is 0 Å². The Hall–Kier alpha value is -1.80. The lowest BCUT2D eigenvalue weighted by Gasteiger charge is -2.10. The van der Waals surface area contributed by atoms with Gasteiger partial charge in [0.15, 0.2) is 0 Å². The Morgan fingerprint density at radius 2 is 1.12 bits per heavy atom. The molecule has 0 fully saturated rings. The second-order valence-corrected chi connectivity index (χ2v) is 10.3. The Labute approximate surface area is 213 Å². The molecule has 0 N–H and O–H groups in total. The number of fused-ring (bicyclic) bond motifs is 1. The lowest BCUT2D eigenvalue weighted by atomic mass is 10.0. The zero-order chi connectivity index (χ0) is 23.8. The topological polar surface area (TPSA) is 17.8 Å². The number of unbranched alkanes of at least 4 members (excludes halogenated alkanes) is 15. The molecule has 3 aromatic rings. The van der Waals surface area contributed by atoms with Crippen LogP contribution in [-0.4, -0.2) is 9.55 Å². The third-order valence-corrected chi connectivity index (χ3v) is 7.33. The fourth-order valence-electron chi connectivity index (χ4n) is 4.97. The maximum absolute atomic E-state index is 6.51. The Morgan fingerprint density at radius 3 is 1.71 bits per heavy atom. The lowest BCUT2D eigenvalue weighted by molar-refractivity contribution is 0.523. The number of nitrogens with zero attached hydrogens (tertiary/aromatic N) is 2. The van der Waals surface area contributed by atoms with E-state index in [2.05, 4.69) is 41.8 Å². The fraction of sp³-hybridized carbons (Fsp3) is 0.581. The molecule has 0 aliphatic heterocycles. The minimum absolute atomic E-state index is 0.769. The van der Waals surface area contributed by atoms with Gasteiger partial charge < -0.3 is 4.57 Å². The van der Waals surface area contributed by atoms with Crippen LogP contribution in [-0.2, 0) is 6.54 Å². The van der Waals surface area contributed by atoms with Crippen LogP contribution in [0.5, 0.6) is 0 Å². The maximum atomic E-state index is 6.51. The Kier molecular flexibility index (Phi) is 12.6. The monoisotopic (exact) mass is 480 g/mol. The average Bonchev–Trinajstić information content (AvgIpc) is 3.22. The van der Waals surface area contributed by atoms with Gasteiger partial charge in [0, 0.05) is 12.1 Å². The molecule has 0 saturated carbocycles. The number of para-hydroxylation sites is 2. The smallest absolute Gasteiger partial charge is 0.142 e. The van der Waals surface area contributed by atoms with Crippen LogP contribution in [0.2, 0.25) is 5.02 Å². The van der Waals surface area contributed by atoms with E-state index in [-0.39, 0.29) is 0 Å². The van der Waals surface area contributed by atoms with E-state index in [0.717, 1.165) is 28.5 Å². The molecule has 2 aromatic carbocycles. The van der Waals surface area contributed by atoms with Crippen LogP contribution in [0.3, 0.4) is 0 Å². The average molecular weight is 481 g/mol. The summed E-state index contributed by atoms with van der Waals surface area (Å²) < 4.78 is 2.36. The van der Waals surface area contributed by atoms with Crippen molar-refractivity contribution in [1.82, 2.24) is 9.55 Å². The van der Waals surface area contributed by atoms with Crippen molar-refractivity contribution in [3.63, 3.8) is 0 Å². The van der Waals surface area contributed by atoms with Crippen molar-refractivity contribution < 1.29 is 0 Å². The first-order chi connectivity index (χ1) is 16.8. The van der Waals surface area contributed by atoms with Gasteiger partial charge in [-0.2, -0.15) is 0 Å². The van der Waals surface area contributed by atoms with Gasteiger partial charge in [0.1, 0.15) is 5.82 Å². The number of aromatic nitrogens is 2. The molecule has 1 heterocycles. The Bertz CT molecular complexity index is 946. The molecule has 186 valence electrons. The van der Waals surface area contributed by atoms with E-state index in [1.807, 2.05) is 18.2 Å². The number of imidazole rings is 1. The van der Waals surface area contributed by atoms with Gasteiger partial charge in [-0.05, 0) is 30.7 Å². The van der Waals surface area contributed by atoms with Crippen LogP contribution in [0.15, 0.2) is 48.5 Å². The van der Waals surface area contributed by atoms with Gasteiger partial charge in [0.05, 0.1) is 16.1 Å². The first kappa shape index (κ1) is 26.8. The normalized spacial score (nSPS) is 11.5. The molecule has 0 aliphatic rings. The highest BCUT2D eigenvalue weighted by Crippen LogP contribution is 2.30. The van der Waals surface area contributed by atoms with E-state index in [1.54, 1.807) is 0 Å². The minimum atomic E-state index is 0.769. The second-order valence-electron chi connectivity index (χ2n) is 9.86. The molecular weight excluding hydrogens is 436 g/mol. The summed E-state index contributed by atoms with van der Waals surface area (Å²) >= 11 is 6.51. The summed E-state index contributed by atoms with van der Waals surface area (Å²) in [6.07, 6.45) is 22.3. The highest BCUT2D eigenvalue weighted by molar-refractivity contribution is 6.33. The number of aryl methyl sites for hydroxylation is 1. The number of hydrogen-bond acceptors (Lipinski definition) is 1. The lowest BCUT2D eigenvalue weighted by Crippen LogP contribution is -2.01. The third kappa shape index (κ3) is 8.77. The molecule has 0 radical (unpaired) electrons. The molecule has 3 rings (SSSR count). The molecule has 3 heteroatoms. The number of benzene rings is 2. The SMILES string of the molecule is CCCCCCCCCCCCCCCCCCn1c(-c2ccccc2Cl)nc2ccccc21. The number of rotatable bonds is 18. The summed E-state index contributed by atoms with van der Waals surface area (Å²) in [6.45, 7) is 3.29. The molecule has 0 unspecified atom stereocenters. The molecule has 0 amide bonds. The second kappa shape index (κ2) is 16.0. The zero-order valence-corrected chi connectivity index (χ0v) is 22.2. The van der Waals surface area contributed by atoms with Gasteiger partial charge in [0.2, 0.25) is 0 Å². The summed E-state index contributed by atoms with van der Waals surface area (Å²) in [5, 5.41) is 0.769. The molecule has 0 bridgehead atoms. The van der Waals surface area contributed by atoms with E-state index >= 15 is 0 Å². The molecule has 2 nitrogen and oxygen atoms in total. The highest BCUT2D eigenvalue weighted by Gasteiger charge is 2.14. The van der Waals surface area contributed by atoms with Gasteiger partial charge in [-0.3, -0.25) is 0 Å². The minimum Gasteiger partial charge on any atom is -0.324 e. The summed E-state index contributed by atoms with van der Waals surface area (Å²) in [5.41, 5.74) is 3.28. The van der Waals surface area contributed by atoms with Gasteiger partial charge in [-0.1, -0.05) is 139 Å². The molecule has 0 atom stereocenters. The van der Waals surface area contributed by atoms with Gasteiger partial charge in [-0.15, -0.1) is 0 Å². The van der Waals surface area contributed by atoms with Crippen LogP contribution in [0.25, 0.3) is 22.4 Å².